The lowest BCUT2D eigenvalue weighted by Crippen LogP contribution is -2.48. The SMILES string of the molecule is CCNC(=NCc1ccc(O)c(F)c1)NC1CCN(c2cccc(C)n2)CC1.I. The molecule has 0 saturated carbocycles. The highest BCUT2D eigenvalue weighted by Crippen LogP contribution is 2.19. The van der Waals surface area contributed by atoms with Gasteiger partial charge in [0.15, 0.2) is 17.5 Å². The van der Waals surface area contributed by atoms with E-state index in [4.69, 9.17) is 0 Å². The maximum absolute atomic E-state index is 13.5. The smallest absolute Gasteiger partial charge is 0.191 e. The largest absolute Gasteiger partial charge is 0.505 e. The number of phenols is 1. The van der Waals surface area contributed by atoms with E-state index in [1.807, 2.05) is 26.0 Å². The lowest BCUT2D eigenvalue weighted by Gasteiger charge is -2.34. The fourth-order valence-corrected chi connectivity index (χ4v) is 3.29. The van der Waals surface area contributed by atoms with E-state index in [0.29, 0.717) is 18.2 Å². The number of nitrogens with one attached hydrogen (secondary N) is 2. The van der Waals surface area contributed by atoms with Crippen molar-refractivity contribution in [3.05, 3.63) is 53.5 Å². The van der Waals surface area contributed by atoms with Gasteiger partial charge in [-0.25, -0.2) is 14.4 Å². The molecule has 1 saturated heterocycles. The molecule has 2 aromatic rings. The molecular formula is C21H29FIN5O. The molecule has 0 spiro atoms. The molecule has 1 aromatic carbocycles. The Morgan fingerprint density at radius 1 is 1.28 bits per heavy atom. The minimum Gasteiger partial charge on any atom is -0.505 e. The van der Waals surface area contributed by atoms with Gasteiger partial charge < -0.3 is 20.6 Å². The topological polar surface area (TPSA) is 72.8 Å². The first-order valence-electron chi connectivity index (χ1n) is 9.76. The minimum absolute atomic E-state index is 0. The van der Waals surface area contributed by atoms with Crippen LogP contribution in [0.2, 0.25) is 0 Å². The van der Waals surface area contributed by atoms with Gasteiger partial charge in [0.05, 0.1) is 6.54 Å². The van der Waals surface area contributed by atoms with E-state index < -0.39 is 5.82 Å². The summed E-state index contributed by atoms with van der Waals surface area (Å²) in [6.07, 6.45) is 1.99. The van der Waals surface area contributed by atoms with Crippen molar-refractivity contribution in [3.63, 3.8) is 0 Å². The minimum atomic E-state index is -0.622. The predicted octanol–water partition coefficient (Wildman–Crippen LogP) is 3.58. The van der Waals surface area contributed by atoms with E-state index in [1.54, 1.807) is 6.07 Å². The van der Waals surface area contributed by atoms with E-state index in [1.165, 1.54) is 12.1 Å². The summed E-state index contributed by atoms with van der Waals surface area (Å²) < 4.78 is 13.5. The average molecular weight is 513 g/mol. The average Bonchev–Trinajstić information content (AvgIpc) is 2.69. The molecule has 2 heterocycles. The number of benzene rings is 1. The molecule has 1 aliphatic heterocycles. The molecule has 0 unspecified atom stereocenters. The summed E-state index contributed by atoms with van der Waals surface area (Å²) in [5, 5.41) is 16.0. The number of aromatic hydroxyl groups is 1. The summed E-state index contributed by atoms with van der Waals surface area (Å²) in [4.78, 5) is 11.5. The number of pyridine rings is 1. The van der Waals surface area contributed by atoms with Crippen molar-refractivity contribution in [3.8, 4) is 5.75 Å². The summed E-state index contributed by atoms with van der Waals surface area (Å²) in [5.74, 6) is 0.798. The Hall–Kier alpha value is -2.10. The zero-order valence-corrected chi connectivity index (χ0v) is 19.2. The summed E-state index contributed by atoms with van der Waals surface area (Å²) in [6.45, 7) is 7.01. The lowest BCUT2D eigenvalue weighted by molar-refractivity contribution is 0.432. The molecule has 0 atom stereocenters. The number of hydrogen-bond donors (Lipinski definition) is 3. The first-order chi connectivity index (χ1) is 13.5. The third-order valence-corrected chi connectivity index (χ3v) is 4.81. The molecule has 3 N–H and O–H groups in total. The van der Waals surface area contributed by atoms with Crippen LogP contribution in [0.15, 0.2) is 41.4 Å². The zero-order valence-electron chi connectivity index (χ0n) is 16.9. The second kappa shape index (κ2) is 11.2. The van der Waals surface area contributed by atoms with E-state index in [9.17, 15) is 9.50 Å². The number of anilines is 1. The number of piperidine rings is 1. The summed E-state index contributed by atoms with van der Waals surface area (Å²) in [6, 6.07) is 10.8. The number of nitrogens with zero attached hydrogens (tertiary/aromatic N) is 3. The number of phenolic OH excluding ortho intramolecular Hbond substituents is 1. The van der Waals surface area contributed by atoms with E-state index in [2.05, 4.69) is 31.6 Å². The van der Waals surface area contributed by atoms with Crippen LogP contribution in [0.25, 0.3) is 0 Å². The molecule has 3 rings (SSSR count). The lowest BCUT2D eigenvalue weighted by atomic mass is 10.1. The number of hydrogen-bond acceptors (Lipinski definition) is 4. The number of aromatic nitrogens is 1. The highest BCUT2D eigenvalue weighted by atomic mass is 127. The zero-order chi connectivity index (χ0) is 19.9. The van der Waals surface area contributed by atoms with Crippen LogP contribution in [0.4, 0.5) is 10.2 Å². The van der Waals surface area contributed by atoms with Gasteiger partial charge in [0.2, 0.25) is 0 Å². The standard InChI is InChI=1S/C21H28FN5O.HI/c1-3-23-21(24-14-16-7-8-19(28)18(22)13-16)26-17-9-11-27(12-10-17)20-6-4-5-15(2)25-20;/h4-8,13,17,28H,3,9-12,14H2,1-2H3,(H2,23,24,26);1H. The van der Waals surface area contributed by atoms with Crippen LogP contribution in [0, 0.1) is 12.7 Å². The molecule has 0 aliphatic carbocycles. The van der Waals surface area contributed by atoms with Gasteiger partial charge in [-0.3, -0.25) is 0 Å². The monoisotopic (exact) mass is 513 g/mol. The fraction of sp³-hybridized carbons (Fsp3) is 0.429. The fourth-order valence-electron chi connectivity index (χ4n) is 3.29. The van der Waals surface area contributed by atoms with Crippen LogP contribution in [0.3, 0.4) is 0 Å². The third-order valence-electron chi connectivity index (χ3n) is 4.81. The second-order valence-electron chi connectivity index (χ2n) is 7.02. The van der Waals surface area contributed by atoms with Crippen LogP contribution in [0.1, 0.15) is 31.0 Å². The summed E-state index contributed by atoms with van der Waals surface area (Å²) in [5.41, 5.74) is 1.75. The van der Waals surface area contributed by atoms with Crippen LogP contribution >= 0.6 is 24.0 Å². The van der Waals surface area contributed by atoms with Gasteiger partial charge in [0, 0.05) is 31.4 Å². The molecular weight excluding hydrogens is 484 g/mol. The number of aliphatic imine (C=N–C) groups is 1. The molecule has 29 heavy (non-hydrogen) atoms. The Labute approximate surface area is 188 Å². The van der Waals surface area contributed by atoms with E-state index in [0.717, 1.165) is 49.9 Å². The molecule has 1 aliphatic rings. The van der Waals surface area contributed by atoms with Crippen molar-refractivity contribution in [1.82, 2.24) is 15.6 Å². The summed E-state index contributed by atoms with van der Waals surface area (Å²) >= 11 is 0. The van der Waals surface area contributed by atoms with Gasteiger partial charge in [-0.05, 0) is 56.5 Å². The van der Waals surface area contributed by atoms with Crippen LogP contribution < -0.4 is 15.5 Å². The number of rotatable bonds is 5. The number of guanidine groups is 1. The molecule has 0 bridgehead atoms. The predicted molar refractivity (Wildman–Crippen MR) is 126 cm³/mol. The van der Waals surface area contributed by atoms with Gasteiger partial charge in [-0.2, -0.15) is 0 Å². The Kier molecular flexibility index (Phi) is 8.94. The Balaban J connectivity index is 0.00000300. The highest BCUT2D eigenvalue weighted by Gasteiger charge is 2.21. The maximum Gasteiger partial charge on any atom is 0.191 e. The molecule has 158 valence electrons. The molecule has 1 aromatic heterocycles. The number of aryl methyl sites for hydroxylation is 1. The van der Waals surface area contributed by atoms with E-state index in [-0.39, 0.29) is 29.7 Å². The summed E-state index contributed by atoms with van der Waals surface area (Å²) in [7, 11) is 0. The van der Waals surface area contributed by atoms with Gasteiger partial charge in [0.25, 0.3) is 0 Å². The third kappa shape index (κ3) is 6.73. The normalized spacial score (nSPS) is 15.0. The Bertz CT molecular complexity index is 824. The van der Waals surface area contributed by atoms with Crippen molar-refractivity contribution in [2.75, 3.05) is 24.5 Å². The Morgan fingerprint density at radius 3 is 2.69 bits per heavy atom. The molecule has 6 nitrogen and oxygen atoms in total. The molecule has 8 heteroatoms. The maximum atomic E-state index is 13.5. The quantitative estimate of drug-likeness (QED) is 0.324. The molecule has 1 fully saturated rings. The van der Waals surface area contributed by atoms with Crippen molar-refractivity contribution < 1.29 is 9.50 Å². The molecule has 0 amide bonds. The van der Waals surface area contributed by atoms with Gasteiger partial charge in [0.1, 0.15) is 5.82 Å². The highest BCUT2D eigenvalue weighted by molar-refractivity contribution is 14.0. The first kappa shape index (κ1) is 23.2. The van der Waals surface area contributed by atoms with Crippen molar-refractivity contribution in [1.29, 1.82) is 0 Å². The van der Waals surface area contributed by atoms with Gasteiger partial charge >= 0.3 is 0 Å². The van der Waals surface area contributed by atoms with Crippen molar-refractivity contribution in [2.45, 2.75) is 39.3 Å². The van der Waals surface area contributed by atoms with Gasteiger partial charge in [-0.1, -0.05) is 12.1 Å². The first-order valence-corrected chi connectivity index (χ1v) is 9.76. The van der Waals surface area contributed by atoms with Crippen molar-refractivity contribution >= 4 is 35.8 Å². The second-order valence-corrected chi connectivity index (χ2v) is 7.02. The van der Waals surface area contributed by atoms with Gasteiger partial charge in [-0.15, -0.1) is 24.0 Å². The van der Waals surface area contributed by atoms with E-state index >= 15 is 0 Å². The number of halogens is 2. The Morgan fingerprint density at radius 2 is 2.03 bits per heavy atom. The van der Waals surface area contributed by atoms with Crippen LogP contribution in [-0.2, 0) is 6.54 Å². The molecule has 0 radical (unpaired) electrons. The van der Waals surface area contributed by atoms with Crippen molar-refractivity contribution in [2.24, 2.45) is 4.99 Å². The van der Waals surface area contributed by atoms with Crippen LogP contribution in [0.5, 0.6) is 5.75 Å². The van der Waals surface area contributed by atoms with Crippen LogP contribution in [-0.4, -0.2) is 41.7 Å².